The van der Waals surface area contributed by atoms with Crippen LogP contribution in [0.2, 0.25) is 0 Å². The molecule has 3 heterocycles. The van der Waals surface area contributed by atoms with Crippen molar-refractivity contribution in [2.45, 2.75) is 29.7 Å². The van der Waals surface area contributed by atoms with E-state index in [9.17, 15) is 24.9 Å². The van der Waals surface area contributed by atoms with Crippen molar-refractivity contribution in [2.75, 3.05) is 24.7 Å². The SMILES string of the molecule is Nc1ncnc2c1nc(SCC(=O)COc1ccc(C(=O)O)cc1)n2[C@@H]1O[C@H](CO)C(O)C1O. The number of imidazole rings is 1. The summed E-state index contributed by atoms with van der Waals surface area (Å²) in [5, 5.41) is 39.2. The van der Waals surface area contributed by atoms with Crippen molar-refractivity contribution in [1.82, 2.24) is 19.5 Å². The summed E-state index contributed by atoms with van der Waals surface area (Å²) in [4.78, 5) is 35.7. The number of Topliss-reactive ketones (excluding diaryl/α,β-unsaturated/α-hetero) is 1. The highest BCUT2D eigenvalue weighted by Crippen LogP contribution is 2.36. The van der Waals surface area contributed by atoms with Crippen LogP contribution < -0.4 is 10.5 Å². The number of ketones is 1. The Bertz CT molecular complexity index is 1200. The summed E-state index contributed by atoms with van der Waals surface area (Å²) in [6, 6.07) is 5.64. The van der Waals surface area contributed by atoms with Gasteiger partial charge in [0.25, 0.3) is 0 Å². The molecule has 1 saturated heterocycles. The molecule has 1 aromatic carbocycles. The van der Waals surface area contributed by atoms with E-state index < -0.39 is 37.1 Å². The molecule has 1 fully saturated rings. The molecular weight excluding hydrogens is 470 g/mol. The number of thioether (sulfide) groups is 1. The number of nitrogen functional groups attached to an aromatic ring is 1. The highest BCUT2D eigenvalue weighted by molar-refractivity contribution is 7.99. The maximum absolute atomic E-state index is 12.4. The fraction of sp³-hybridized carbons (Fsp3) is 0.350. The Hall–Kier alpha value is -3.30. The number of benzene rings is 1. The molecule has 34 heavy (non-hydrogen) atoms. The second-order valence-electron chi connectivity index (χ2n) is 7.37. The number of ether oxygens (including phenoxy) is 2. The molecule has 6 N–H and O–H groups in total. The Morgan fingerprint density at radius 2 is 1.91 bits per heavy atom. The third kappa shape index (κ3) is 4.67. The van der Waals surface area contributed by atoms with Gasteiger partial charge < -0.3 is 35.6 Å². The summed E-state index contributed by atoms with van der Waals surface area (Å²) in [6.45, 7) is -0.778. The average Bonchev–Trinajstić information content (AvgIpc) is 3.34. The minimum Gasteiger partial charge on any atom is -0.486 e. The van der Waals surface area contributed by atoms with E-state index >= 15 is 0 Å². The highest BCUT2D eigenvalue weighted by atomic mass is 32.2. The predicted molar refractivity (Wildman–Crippen MR) is 117 cm³/mol. The van der Waals surface area contributed by atoms with Crippen molar-refractivity contribution < 1.29 is 39.5 Å². The number of aliphatic hydroxyl groups excluding tert-OH is 3. The molecule has 180 valence electrons. The van der Waals surface area contributed by atoms with E-state index in [1.54, 1.807) is 0 Å². The first-order valence-electron chi connectivity index (χ1n) is 10.0. The van der Waals surface area contributed by atoms with Gasteiger partial charge in [-0.2, -0.15) is 0 Å². The van der Waals surface area contributed by atoms with Gasteiger partial charge in [0.1, 0.15) is 37.0 Å². The van der Waals surface area contributed by atoms with E-state index in [4.69, 9.17) is 20.3 Å². The monoisotopic (exact) mass is 491 g/mol. The number of carboxylic acids is 1. The van der Waals surface area contributed by atoms with Crippen molar-refractivity contribution >= 4 is 40.5 Å². The third-order valence-corrected chi connectivity index (χ3v) is 6.12. The number of carbonyl (C=O) groups excluding carboxylic acids is 1. The Morgan fingerprint density at radius 1 is 1.18 bits per heavy atom. The van der Waals surface area contributed by atoms with Crippen LogP contribution in [0.5, 0.6) is 5.75 Å². The van der Waals surface area contributed by atoms with Gasteiger partial charge in [-0.3, -0.25) is 9.36 Å². The molecule has 3 aromatic rings. The number of carbonyl (C=O) groups is 2. The van der Waals surface area contributed by atoms with Gasteiger partial charge in [0.2, 0.25) is 0 Å². The van der Waals surface area contributed by atoms with Crippen LogP contribution in [0.1, 0.15) is 16.6 Å². The van der Waals surface area contributed by atoms with E-state index in [0.29, 0.717) is 5.75 Å². The second kappa shape index (κ2) is 9.90. The van der Waals surface area contributed by atoms with Crippen molar-refractivity contribution in [3.8, 4) is 5.75 Å². The number of anilines is 1. The van der Waals surface area contributed by atoms with Gasteiger partial charge in [0.15, 0.2) is 34.1 Å². The molecule has 2 unspecified atom stereocenters. The second-order valence-corrected chi connectivity index (χ2v) is 8.31. The number of fused-ring (bicyclic) bond motifs is 1. The number of aromatic nitrogens is 4. The van der Waals surface area contributed by atoms with Crippen LogP contribution in [0, 0.1) is 0 Å². The summed E-state index contributed by atoms with van der Waals surface area (Å²) in [6.07, 6.45) is -3.67. The molecule has 1 aliphatic heterocycles. The minimum absolute atomic E-state index is 0.0708. The Morgan fingerprint density at radius 3 is 2.56 bits per heavy atom. The zero-order valence-corrected chi connectivity index (χ0v) is 18.3. The van der Waals surface area contributed by atoms with Gasteiger partial charge in [0.05, 0.1) is 17.9 Å². The summed E-state index contributed by atoms with van der Waals surface area (Å²) in [7, 11) is 0. The van der Waals surface area contributed by atoms with Gasteiger partial charge in [-0.05, 0) is 24.3 Å². The summed E-state index contributed by atoms with van der Waals surface area (Å²) in [5.74, 6) is -1.02. The molecule has 0 amide bonds. The fourth-order valence-electron chi connectivity index (χ4n) is 3.38. The van der Waals surface area contributed by atoms with Crippen LogP contribution in [-0.4, -0.2) is 89.0 Å². The zero-order chi connectivity index (χ0) is 24.4. The first-order valence-corrected chi connectivity index (χ1v) is 11.0. The summed E-state index contributed by atoms with van der Waals surface area (Å²) in [5.41, 5.74) is 6.45. The van der Waals surface area contributed by atoms with Crippen molar-refractivity contribution in [1.29, 1.82) is 0 Å². The topological polar surface area (TPSA) is 203 Å². The maximum Gasteiger partial charge on any atom is 0.335 e. The molecule has 0 saturated carbocycles. The molecule has 0 aliphatic carbocycles. The molecule has 4 atom stereocenters. The van der Waals surface area contributed by atoms with Crippen LogP contribution in [0.15, 0.2) is 35.7 Å². The van der Waals surface area contributed by atoms with Crippen LogP contribution >= 0.6 is 11.8 Å². The smallest absolute Gasteiger partial charge is 0.335 e. The Kier molecular flexibility index (Phi) is 6.95. The van der Waals surface area contributed by atoms with Crippen LogP contribution in [0.4, 0.5) is 5.82 Å². The first kappa shape index (κ1) is 23.8. The molecule has 14 heteroatoms. The van der Waals surface area contributed by atoms with Crippen LogP contribution in [-0.2, 0) is 9.53 Å². The van der Waals surface area contributed by atoms with Gasteiger partial charge in [0, 0.05) is 0 Å². The lowest BCUT2D eigenvalue weighted by molar-refractivity contribution is -0.118. The number of hydrogen-bond donors (Lipinski definition) is 5. The zero-order valence-electron chi connectivity index (χ0n) is 17.5. The number of hydrogen-bond acceptors (Lipinski definition) is 12. The van der Waals surface area contributed by atoms with E-state index in [2.05, 4.69) is 15.0 Å². The van der Waals surface area contributed by atoms with Gasteiger partial charge in [-0.15, -0.1) is 0 Å². The lowest BCUT2D eigenvalue weighted by atomic mass is 10.1. The quantitative estimate of drug-likeness (QED) is 0.239. The number of aliphatic hydroxyl groups is 3. The lowest BCUT2D eigenvalue weighted by Gasteiger charge is -2.19. The number of rotatable bonds is 9. The average molecular weight is 491 g/mol. The number of carboxylic acid groups (broad SMARTS) is 1. The molecule has 2 aromatic heterocycles. The van der Waals surface area contributed by atoms with Crippen molar-refractivity contribution in [3.05, 3.63) is 36.2 Å². The predicted octanol–water partition coefficient (Wildman–Crippen LogP) is -0.542. The summed E-state index contributed by atoms with van der Waals surface area (Å²) < 4.78 is 12.4. The Labute approximate surface area is 196 Å². The standard InChI is InChI=1S/C20H21N5O8S/c21-16-13-17(23-8-22-16)25(18-15(29)14(28)12(5-26)33-18)20(24-13)34-7-10(27)6-32-11-3-1-9(2-4-11)19(30)31/h1-4,8,12,14-15,18,26,28-29H,5-7H2,(H,30,31)(H2,21,22,23)/t12-,14?,15?,18-/m1/s1. The first-order chi connectivity index (χ1) is 16.3. The summed E-state index contributed by atoms with van der Waals surface area (Å²) >= 11 is 1.02. The lowest BCUT2D eigenvalue weighted by Crippen LogP contribution is -2.33. The third-order valence-electron chi connectivity index (χ3n) is 5.11. The number of nitrogens with two attached hydrogens (primary N) is 1. The van der Waals surface area contributed by atoms with E-state index in [-0.39, 0.29) is 45.8 Å². The van der Waals surface area contributed by atoms with E-state index in [1.165, 1.54) is 35.2 Å². The number of nitrogens with zero attached hydrogens (tertiary/aromatic N) is 4. The van der Waals surface area contributed by atoms with Crippen molar-refractivity contribution in [2.24, 2.45) is 0 Å². The van der Waals surface area contributed by atoms with Gasteiger partial charge in [-0.1, -0.05) is 11.8 Å². The van der Waals surface area contributed by atoms with E-state index in [0.717, 1.165) is 11.8 Å². The van der Waals surface area contributed by atoms with Gasteiger partial charge >= 0.3 is 5.97 Å². The van der Waals surface area contributed by atoms with Crippen molar-refractivity contribution in [3.63, 3.8) is 0 Å². The maximum atomic E-state index is 12.4. The molecular formula is C20H21N5O8S. The van der Waals surface area contributed by atoms with Gasteiger partial charge in [-0.25, -0.2) is 19.7 Å². The highest BCUT2D eigenvalue weighted by Gasteiger charge is 2.45. The number of aromatic carboxylic acids is 1. The molecule has 0 radical (unpaired) electrons. The minimum atomic E-state index is -1.39. The largest absolute Gasteiger partial charge is 0.486 e. The molecule has 0 spiro atoms. The fourth-order valence-corrected chi connectivity index (χ4v) is 4.23. The molecule has 0 bridgehead atoms. The van der Waals surface area contributed by atoms with E-state index in [1.807, 2.05) is 0 Å². The van der Waals surface area contributed by atoms with Crippen LogP contribution in [0.25, 0.3) is 11.2 Å². The normalized spacial score (nSPS) is 22.2. The Balaban J connectivity index is 1.49. The van der Waals surface area contributed by atoms with Crippen LogP contribution in [0.3, 0.4) is 0 Å². The molecule has 13 nitrogen and oxygen atoms in total. The molecule has 1 aliphatic rings. The molecule has 4 rings (SSSR count).